The van der Waals surface area contributed by atoms with Gasteiger partial charge in [0.1, 0.15) is 0 Å². The Labute approximate surface area is 131 Å². The van der Waals surface area contributed by atoms with Gasteiger partial charge in [-0.15, -0.1) is 0 Å². The van der Waals surface area contributed by atoms with Crippen LogP contribution in [0.4, 0.5) is 5.95 Å². The van der Waals surface area contributed by atoms with Crippen molar-refractivity contribution in [2.75, 3.05) is 24.5 Å². The van der Waals surface area contributed by atoms with Crippen molar-refractivity contribution in [3.05, 3.63) is 17.0 Å². The molecule has 120 valence electrons. The van der Waals surface area contributed by atoms with Gasteiger partial charge in [0.25, 0.3) is 0 Å². The molecule has 1 saturated heterocycles. The van der Waals surface area contributed by atoms with Crippen LogP contribution in [0.25, 0.3) is 0 Å². The fourth-order valence-electron chi connectivity index (χ4n) is 3.39. The molecule has 1 aromatic heterocycles. The molecule has 0 radical (unpaired) electrons. The highest BCUT2D eigenvalue weighted by atomic mass is 32.2. The van der Waals surface area contributed by atoms with E-state index >= 15 is 0 Å². The Morgan fingerprint density at radius 3 is 2.50 bits per heavy atom. The predicted octanol–water partition coefficient (Wildman–Crippen LogP) is 1.24. The molecule has 0 N–H and O–H groups in total. The van der Waals surface area contributed by atoms with Crippen LogP contribution in [0.3, 0.4) is 0 Å². The van der Waals surface area contributed by atoms with Gasteiger partial charge in [-0.25, -0.2) is 18.4 Å². The van der Waals surface area contributed by atoms with Gasteiger partial charge < -0.3 is 4.90 Å². The largest absolute Gasteiger partial charge is 0.341 e. The Hall–Kier alpha value is -1.21. The summed E-state index contributed by atoms with van der Waals surface area (Å²) in [6.07, 6.45) is 4.73. The fraction of sp³-hybridized carbons (Fsp3) is 0.733. The predicted molar refractivity (Wildman–Crippen MR) is 84.3 cm³/mol. The van der Waals surface area contributed by atoms with Crippen LogP contribution in [-0.4, -0.2) is 47.6 Å². The van der Waals surface area contributed by atoms with Gasteiger partial charge in [-0.3, -0.25) is 0 Å². The zero-order valence-corrected chi connectivity index (χ0v) is 13.8. The van der Waals surface area contributed by atoms with Crippen molar-refractivity contribution in [1.82, 2.24) is 14.3 Å². The number of aromatic nitrogens is 2. The zero-order chi connectivity index (χ0) is 15.3. The van der Waals surface area contributed by atoms with Crippen LogP contribution in [0, 0.1) is 6.92 Å². The highest BCUT2D eigenvalue weighted by Crippen LogP contribution is 2.34. The van der Waals surface area contributed by atoms with Crippen LogP contribution in [0.5, 0.6) is 0 Å². The topological polar surface area (TPSA) is 66.4 Å². The molecule has 0 unspecified atom stereocenters. The van der Waals surface area contributed by atoms with Crippen LogP contribution >= 0.6 is 0 Å². The lowest BCUT2D eigenvalue weighted by Gasteiger charge is -2.29. The third kappa shape index (κ3) is 2.40. The molecule has 0 aromatic carbocycles. The van der Waals surface area contributed by atoms with E-state index in [4.69, 9.17) is 4.98 Å². The Bertz CT molecular complexity index is 694. The second-order valence-electron chi connectivity index (χ2n) is 6.56. The average Bonchev–Trinajstić information content (AvgIpc) is 3.23. The first-order valence-corrected chi connectivity index (χ1v) is 9.66. The van der Waals surface area contributed by atoms with Crippen molar-refractivity contribution in [2.24, 2.45) is 0 Å². The number of fused-ring (bicyclic) bond motifs is 1. The molecule has 2 aliphatic heterocycles. The van der Waals surface area contributed by atoms with E-state index in [1.165, 1.54) is 12.8 Å². The summed E-state index contributed by atoms with van der Waals surface area (Å²) >= 11 is 0. The smallest absolute Gasteiger partial charge is 0.225 e. The van der Waals surface area contributed by atoms with Crippen molar-refractivity contribution in [1.29, 1.82) is 0 Å². The van der Waals surface area contributed by atoms with Gasteiger partial charge in [0, 0.05) is 43.9 Å². The zero-order valence-electron chi connectivity index (χ0n) is 13.0. The van der Waals surface area contributed by atoms with E-state index in [-0.39, 0.29) is 5.25 Å². The van der Waals surface area contributed by atoms with Gasteiger partial charge in [0.2, 0.25) is 16.0 Å². The molecular formula is C15H22N4O2S. The Balaban J connectivity index is 1.62. The van der Waals surface area contributed by atoms with Crippen molar-refractivity contribution in [3.8, 4) is 0 Å². The van der Waals surface area contributed by atoms with E-state index in [0.717, 1.165) is 48.8 Å². The van der Waals surface area contributed by atoms with Crippen molar-refractivity contribution >= 4 is 16.0 Å². The van der Waals surface area contributed by atoms with E-state index in [1.807, 2.05) is 6.92 Å². The summed E-state index contributed by atoms with van der Waals surface area (Å²) in [5, 5.41) is -0.140. The number of hydrogen-bond donors (Lipinski definition) is 0. The lowest BCUT2D eigenvalue weighted by molar-refractivity contribution is 0.384. The molecule has 6 nitrogen and oxygen atoms in total. The molecule has 0 spiro atoms. The van der Waals surface area contributed by atoms with Gasteiger partial charge in [-0.2, -0.15) is 4.31 Å². The molecular weight excluding hydrogens is 300 g/mol. The van der Waals surface area contributed by atoms with Gasteiger partial charge in [-0.05, 0) is 32.6 Å². The number of hydrogen-bond acceptors (Lipinski definition) is 5. The summed E-state index contributed by atoms with van der Waals surface area (Å²) in [7, 11) is -3.11. The fourth-order valence-corrected chi connectivity index (χ4v) is 5.20. The highest BCUT2D eigenvalue weighted by molar-refractivity contribution is 7.90. The van der Waals surface area contributed by atoms with Crippen molar-refractivity contribution in [2.45, 2.75) is 50.8 Å². The van der Waals surface area contributed by atoms with Crippen LogP contribution in [0.15, 0.2) is 0 Å². The Morgan fingerprint density at radius 2 is 1.82 bits per heavy atom. The summed E-state index contributed by atoms with van der Waals surface area (Å²) in [5.41, 5.74) is 2.98. The monoisotopic (exact) mass is 322 g/mol. The standard InChI is InChI=1S/C15H22N4O2S/c1-11-13-10-19(22(20,21)12-4-5-12)9-6-14(13)17-15(16-11)18-7-2-3-8-18/h12H,2-10H2,1H3. The molecule has 2 fully saturated rings. The number of aryl methyl sites for hydroxylation is 1. The third-order valence-corrected chi connectivity index (χ3v) is 7.26. The molecule has 1 aliphatic carbocycles. The summed E-state index contributed by atoms with van der Waals surface area (Å²) in [6, 6.07) is 0. The summed E-state index contributed by atoms with van der Waals surface area (Å²) < 4.78 is 26.5. The minimum absolute atomic E-state index is 0.140. The molecule has 0 bridgehead atoms. The van der Waals surface area contributed by atoms with Gasteiger partial charge in [-0.1, -0.05) is 0 Å². The molecule has 7 heteroatoms. The first-order valence-electron chi connectivity index (χ1n) is 8.16. The Morgan fingerprint density at radius 1 is 1.09 bits per heavy atom. The number of nitrogens with zero attached hydrogens (tertiary/aromatic N) is 4. The van der Waals surface area contributed by atoms with Gasteiger partial charge in [0.05, 0.1) is 10.9 Å². The quantitative estimate of drug-likeness (QED) is 0.837. The summed E-state index contributed by atoms with van der Waals surface area (Å²) in [4.78, 5) is 11.6. The second-order valence-corrected chi connectivity index (χ2v) is 8.77. The maximum atomic E-state index is 12.4. The molecule has 0 atom stereocenters. The number of anilines is 1. The van der Waals surface area contributed by atoms with Crippen molar-refractivity contribution in [3.63, 3.8) is 0 Å². The molecule has 1 aromatic rings. The van der Waals surface area contributed by atoms with Crippen LogP contribution in [0.2, 0.25) is 0 Å². The SMILES string of the molecule is Cc1nc(N2CCCC2)nc2c1CN(S(=O)(=O)C1CC1)CC2. The lowest BCUT2D eigenvalue weighted by atomic mass is 10.1. The molecule has 0 amide bonds. The van der Waals surface area contributed by atoms with E-state index in [0.29, 0.717) is 19.5 Å². The molecule has 4 rings (SSSR count). The minimum atomic E-state index is -3.11. The molecule has 3 aliphatic rings. The highest BCUT2D eigenvalue weighted by Gasteiger charge is 2.41. The molecule has 3 heterocycles. The lowest BCUT2D eigenvalue weighted by Crippen LogP contribution is -2.39. The van der Waals surface area contributed by atoms with Crippen molar-refractivity contribution < 1.29 is 8.42 Å². The summed E-state index contributed by atoms with van der Waals surface area (Å²) in [5.74, 6) is 0.826. The van der Waals surface area contributed by atoms with E-state index in [2.05, 4.69) is 9.88 Å². The van der Waals surface area contributed by atoms with E-state index < -0.39 is 10.0 Å². The minimum Gasteiger partial charge on any atom is -0.341 e. The first kappa shape index (κ1) is 14.4. The maximum absolute atomic E-state index is 12.4. The van der Waals surface area contributed by atoms with E-state index in [1.54, 1.807) is 4.31 Å². The van der Waals surface area contributed by atoms with Gasteiger partial charge in [0.15, 0.2) is 0 Å². The average molecular weight is 322 g/mol. The molecule has 22 heavy (non-hydrogen) atoms. The molecule has 1 saturated carbocycles. The van der Waals surface area contributed by atoms with E-state index in [9.17, 15) is 8.42 Å². The van der Waals surface area contributed by atoms with Crippen LogP contribution in [-0.2, 0) is 23.0 Å². The second kappa shape index (κ2) is 5.16. The van der Waals surface area contributed by atoms with Gasteiger partial charge >= 0.3 is 0 Å². The number of rotatable bonds is 3. The number of sulfonamides is 1. The summed E-state index contributed by atoms with van der Waals surface area (Å²) in [6.45, 7) is 5.04. The maximum Gasteiger partial charge on any atom is 0.225 e. The third-order valence-electron chi connectivity index (χ3n) is 4.91. The van der Waals surface area contributed by atoms with Crippen LogP contribution in [0.1, 0.15) is 42.6 Å². The Kier molecular flexibility index (Phi) is 3.38. The van der Waals surface area contributed by atoms with Crippen LogP contribution < -0.4 is 4.90 Å². The first-order chi connectivity index (χ1) is 10.6. The normalized spacial score (nSPS) is 22.9.